The average molecular weight is 387 g/mol. The van der Waals surface area contributed by atoms with Gasteiger partial charge in [-0.15, -0.1) is 11.3 Å². The topological polar surface area (TPSA) is 116 Å². The second kappa shape index (κ2) is 7.02. The molecule has 3 heterocycles. The number of carbonyl (C=O) groups excluding carboxylic acids is 1. The number of thiophene rings is 1. The summed E-state index contributed by atoms with van der Waals surface area (Å²) >= 11 is 1.06. The number of fused-ring (bicyclic) bond motifs is 1. The second-order valence-corrected chi connectivity index (χ2v) is 9.52. The summed E-state index contributed by atoms with van der Waals surface area (Å²) in [6.07, 6.45) is 1.56. The molecule has 138 valence electrons. The molecule has 2 aliphatic rings. The van der Waals surface area contributed by atoms with Crippen molar-refractivity contribution in [1.29, 1.82) is 0 Å². The molecule has 2 aliphatic heterocycles. The third-order valence-corrected chi connectivity index (χ3v) is 8.17. The molecule has 10 heteroatoms. The van der Waals surface area contributed by atoms with Crippen molar-refractivity contribution >= 4 is 33.2 Å². The lowest BCUT2D eigenvalue weighted by molar-refractivity contribution is -0.119. The lowest BCUT2D eigenvalue weighted by Crippen LogP contribution is -2.46. The van der Waals surface area contributed by atoms with Gasteiger partial charge in [0.25, 0.3) is 10.0 Å². The molecule has 0 radical (unpaired) electrons. The van der Waals surface area contributed by atoms with Crippen molar-refractivity contribution in [1.82, 2.24) is 14.9 Å². The molecule has 8 nitrogen and oxygen atoms in total. The van der Waals surface area contributed by atoms with Crippen LogP contribution in [-0.4, -0.2) is 55.4 Å². The van der Waals surface area contributed by atoms with Crippen LogP contribution in [0.2, 0.25) is 0 Å². The number of piperidine rings is 1. The molecule has 25 heavy (non-hydrogen) atoms. The summed E-state index contributed by atoms with van der Waals surface area (Å²) in [6.45, 7) is 3.12. The first kappa shape index (κ1) is 18.3. The maximum absolute atomic E-state index is 13.0. The maximum atomic E-state index is 13.0. The first-order chi connectivity index (χ1) is 11.8. The third-order valence-electron chi connectivity index (χ3n) is 4.55. The van der Waals surface area contributed by atoms with Gasteiger partial charge in [-0.3, -0.25) is 4.79 Å². The molecular formula is C15H21N3O5S2. The number of aromatic carboxylic acids is 1. The first-order valence-corrected chi connectivity index (χ1v) is 10.4. The largest absolute Gasteiger partial charge is 0.478 e. The highest BCUT2D eigenvalue weighted by atomic mass is 32.2. The Morgan fingerprint density at radius 2 is 2.00 bits per heavy atom. The van der Waals surface area contributed by atoms with Gasteiger partial charge in [0.15, 0.2) is 0 Å². The molecule has 0 aromatic carbocycles. The smallest absolute Gasteiger partial charge is 0.338 e. The Labute approximate surface area is 150 Å². The lowest BCUT2D eigenvalue weighted by atomic mass is 10.1. The normalized spacial score (nSPS) is 19.4. The molecule has 0 bridgehead atoms. The Kier molecular flexibility index (Phi) is 5.14. The van der Waals surface area contributed by atoms with E-state index >= 15 is 0 Å². The number of amides is 1. The van der Waals surface area contributed by atoms with Gasteiger partial charge in [0, 0.05) is 37.5 Å². The Hall–Kier alpha value is -1.49. The van der Waals surface area contributed by atoms with Gasteiger partial charge in [0.05, 0.1) is 5.56 Å². The molecule has 0 atom stereocenters. The molecule has 3 rings (SSSR count). The van der Waals surface area contributed by atoms with E-state index in [4.69, 9.17) is 0 Å². The minimum absolute atomic E-state index is 0.0383. The van der Waals surface area contributed by atoms with E-state index in [1.165, 1.54) is 11.2 Å². The number of carbonyl (C=O) groups is 2. The summed E-state index contributed by atoms with van der Waals surface area (Å²) in [5, 5.41) is 15.5. The third kappa shape index (κ3) is 3.57. The predicted molar refractivity (Wildman–Crippen MR) is 92.3 cm³/mol. The molecule has 0 saturated carbocycles. The Morgan fingerprint density at radius 3 is 2.60 bits per heavy atom. The van der Waals surface area contributed by atoms with E-state index in [0.29, 0.717) is 37.9 Å². The zero-order valence-corrected chi connectivity index (χ0v) is 15.5. The van der Waals surface area contributed by atoms with E-state index in [9.17, 15) is 23.1 Å². The van der Waals surface area contributed by atoms with E-state index in [2.05, 4.69) is 10.6 Å². The number of hydrogen-bond donors (Lipinski definition) is 3. The van der Waals surface area contributed by atoms with Crippen molar-refractivity contribution in [3.63, 3.8) is 0 Å². The fraction of sp³-hybridized carbons (Fsp3) is 0.600. The van der Waals surface area contributed by atoms with Crippen LogP contribution in [0.15, 0.2) is 4.21 Å². The zero-order chi connectivity index (χ0) is 18.2. The molecule has 1 saturated heterocycles. The summed E-state index contributed by atoms with van der Waals surface area (Å²) in [5.74, 6) is -1.32. The molecule has 1 aromatic rings. The van der Waals surface area contributed by atoms with Crippen LogP contribution < -0.4 is 10.6 Å². The summed E-state index contributed by atoms with van der Waals surface area (Å²) < 4.78 is 27.3. The minimum atomic E-state index is -3.85. The van der Waals surface area contributed by atoms with Crippen LogP contribution in [0, 0.1) is 0 Å². The van der Waals surface area contributed by atoms with Crippen LogP contribution in [0.5, 0.6) is 0 Å². The van der Waals surface area contributed by atoms with Crippen molar-refractivity contribution in [2.45, 2.75) is 43.0 Å². The van der Waals surface area contributed by atoms with Crippen molar-refractivity contribution in [3.05, 3.63) is 16.0 Å². The fourth-order valence-corrected chi connectivity index (χ4v) is 6.82. The van der Waals surface area contributed by atoms with E-state index in [0.717, 1.165) is 16.2 Å². The maximum Gasteiger partial charge on any atom is 0.338 e. The second-order valence-electron chi connectivity index (χ2n) is 6.28. The van der Waals surface area contributed by atoms with Crippen molar-refractivity contribution in [2.75, 3.05) is 19.6 Å². The van der Waals surface area contributed by atoms with Crippen LogP contribution in [0.3, 0.4) is 0 Å². The van der Waals surface area contributed by atoms with Gasteiger partial charge < -0.3 is 15.7 Å². The molecule has 0 aliphatic carbocycles. The van der Waals surface area contributed by atoms with Crippen molar-refractivity contribution in [3.8, 4) is 0 Å². The number of nitrogens with zero attached hydrogens (tertiary/aromatic N) is 1. The number of carboxylic acid groups (broad SMARTS) is 1. The highest BCUT2D eigenvalue weighted by molar-refractivity contribution is 7.91. The number of sulfonamides is 1. The Balaban J connectivity index is 1.87. The Morgan fingerprint density at radius 1 is 1.32 bits per heavy atom. The number of hydrogen-bond acceptors (Lipinski definition) is 6. The number of nitrogens with one attached hydrogen (secondary N) is 2. The van der Waals surface area contributed by atoms with Gasteiger partial charge in [-0.05, 0) is 31.4 Å². The average Bonchev–Trinajstić information content (AvgIpc) is 2.95. The minimum Gasteiger partial charge on any atom is -0.478 e. The van der Waals surface area contributed by atoms with Crippen LogP contribution in [-0.2, 0) is 27.8 Å². The highest BCUT2D eigenvalue weighted by Crippen LogP contribution is 2.36. The summed E-state index contributed by atoms with van der Waals surface area (Å²) in [5.41, 5.74) is 0.577. The van der Waals surface area contributed by atoms with Gasteiger partial charge in [-0.2, -0.15) is 4.31 Å². The first-order valence-electron chi connectivity index (χ1n) is 8.16. The predicted octanol–water partition coefficient (Wildman–Crippen LogP) is 0.381. The fourth-order valence-electron chi connectivity index (χ4n) is 3.35. The quantitative estimate of drug-likeness (QED) is 0.688. The van der Waals surface area contributed by atoms with E-state index in [-0.39, 0.29) is 34.8 Å². The molecular weight excluding hydrogens is 366 g/mol. The van der Waals surface area contributed by atoms with E-state index in [1.807, 2.05) is 0 Å². The molecule has 3 N–H and O–H groups in total. The van der Waals surface area contributed by atoms with Crippen LogP contribution in [0.1, 0.15) is 40.6 Å². The van der Waals surface area contributed by atoms with E-state index < -0.39 is 16.0 Å². The molecule has 0 unspecified atom stereocenters. The van der Waals surface area contributed by atoms with E-state index in [1.54, 1.807) is 0 Å². The van der Waals surface area contributed by atoms with Crippen LogP contribution >= 0.6 is 11.3 Å². The highest BCUT2D eigenvalue weighted by Gasteiger charge is 2.37. The molecule has 1 aromatic heterocycles. The zero-order valence-electron chi connectivity index (χ0n) is 13.9. The van der Waals surface area contributed by atoms with Gasteiger partial charge in [-0.1, -0.05) is 0 Å². The molecule has 1 fully saturated rings. The standard InChI is InChI=1S/C15H21N3O5S2/c1-9(19)17-10-3-6-18(7-4-10)25(22,23)15-13(14(20)21)11-2-5-16-8-12(11)24-15/h10,16H,2-8H2,1H3,(H,17,19)(H,20,21). The Bertz CT molecular complexity index is 794. The SMILES string of the molecule is CC(=O)NC1CCN(S(=O)(=O)c2sc3c(c2C(=O)O)CCNC3)CC1. The summed E-state index contributed by atoms with van der Waals surface area (Å²) in [4.78, 5) is 23.6. The monoisotopic (exact) mass is 387 g/mol. The van der Waals surface area contributed by atoms with Crippen LogP contribution in [0.25, 0.3) is 0 Å². The number of carboxylic acids is 1. The van der Waals surface area contributed by atoms with Gasteiger partial charge in [0.1, 0.15) is 4.21 Å². The van der Waals surface area contributed by atoms with Gasteiger partial charge in [0.2, 0.25) is 5.91 Å². The molecule has 1 amide bonds. The van der Waals surface area contributed by atoms with Crippen molar-refractivity contribution < 1.29 is 23.1 Å². The molecule has 0 spiro atoms. The van der Waals surface area contributed by atoms with Crippen LogP contribution in [0.4, 0.5) is 0 Å². The summed E-state index contributed by atoms with van der Waals surface area (Å²) in [6, 6.07) is -0.0383. The lowest BCUT2D eigenvalue weighted by Gasteiger charge is -2.31. The number of rotatable bonds is 4. The van der Waals surface area contributed by atoms with Gasteiger partial charge in [-0.25, -0.2) is 13.2 Å². The van der Waals surface area contributed by atoms with Gasteiger partial charge >= 0.3 is 5.97 Å². The van der Waals surface area contributed by atoms with Crippen molar-refractivity contribution in [2.24, 2.45) is 0 Å². The summed E-state index contributed by atoms with van der Waals surface area (Å²) in [7, 11) is -3.85.